The van der Waals surface area contributed by atoms with Crippen molar-refractivity contribution in [2.75, 3.05) is 9.80 Å². The van der Waals surface area contributed by atoms with E-state index in [0.717, 1.165) is 34.1 Å². The number of anilines is 6. The number of hydrogen-bond acceptors (Lipinski definition) is 2. The minimum absolute atomic E-state index is 0.200. The highest BCUT2D eigenvalue weighted by atomic mass is 15.1. The highest BCUT2D eigenvalue weighted by Crippen LogP contribution is 2.53. The van der Waals surface area contributed by atoms with Gasteiger partial charge in [0.2, 0.25) is 0 Å². The maximum atomic E-state index is 2.43. The van der Waals surface area contributed by atoms with Crippen molar-refractivity contribution < 1.29 is 0 Å². The number of benzene rings is 14. The average molecular weight is 1100 g/mol. The van der Waals surface area contributed by atoms with Gasteiger partial charge in [-0.05, 0) is 206 Å². The lowest BCUT2D eigenvalue weighted by molar-refractivity contribution is 0.660. The minimum atomic E-state index is -0.200. The summed E-state index contributed by atoms with van der Waals surface area (Å²) in [6.07, 6.45) is 9.06. The predicted molar refractivity (Wildman–Crippen MR) is 369 cm³/mol. The summed E-state index contributed by atoms with van der Waals surface area (Å²) in [4.78, 5) is 4.84. The summed E-state index contributed by atoms with van der Waals surface area (Å²) >= 11 is 0. The van der Waals surface area contributed by atoms with Crippen LogP contribution in [0.1, 0.15) is 72.2 Å². The van der Waals surface area contributed by atoms with Gasteiger partial charge in [0.25, 0.3) is 0 Å². The van der Waals surface area contributed by atoms with E-state index < -0.39 is 0 Å². The molecule has 2 aliphatic rings. The van der Waals surface area contributed by atoms with Crippen LogP contribution in [0.15, 0.2) is 279 Å². The van der Waals surface area contributed by atoms with Gasteiger partial charge in [-0.3, -0.25) is 0 Å². The number of fused-ring (bicyclic) bond motifs is 11. The summed E-state index contributed by atoms with van der Waals surface area (Å²) in [5.74, 6) is 0. The van der Waals surface area contributed by atoms with Crippen LogP contribution in [0.4, 0.5) is 34.1 Å². The van der Waals surface area contributed by atoms with Crippen LogP contribution in [-0.2, 0) is 10.8 Å². The van der Waals surface area contributed by atoms with Gasteiger partial charge in [-0.25, -0.2) is 0 Å². The molecule has 0 aromatic heterocycles. The summed E-state index contributed by atoms with van der Waals surface area (Å²) in [6.45, 7) is 9.53. The Labute approximate surface area is 503 Å². The van der Waals surface area contributed by atoms with E-state index in [1.165, 1.54) is 121 Å². The lowest BCUT2D eigenvalue weighted by Gasteiger charge is -2.28. The molecule has 408 valence electrons. The zero-order valence-corrected chi connectivity index (χ0v) is 48.8. The fraction of sp³-hybridized carbons (Fsp3) is 0.0714. The normalized spacial score (nSPS) is 13.7. The summed E-state index contributed by atoms with van der Waals surface area (Å²) in [6, 6.07) is 104. The van der Waals surface area contributed by atoms with E-state index >= 15 is 0 Å². The van der Waals surface area contributed by atoms with Crippen LogP contribution in [0, 0.1) is 0 Å². The second-order valence-electron chi connectivity index (χ2n) is 24.6. The van der Waals surface area contributed by atoms with Crippen molar-refractivity contribution in [3.05, 3.63) is 324 Å². The Morgan fingerprint density at radius 1 is 0.209 bits per heavy atom. The molecule has 0 fully saturated rings. The highest BCUT2D eigenvalue weighted by Gasteiger charge is 2.38. The largest absolute Gasteiger partial charge is 0.310 e. The molecule has 2 aliphatic carbocycles. The topological polar surface area (TPSA) is 6.48 Å². The molecule has 14 aromatic carbocycles. The van der Waals surface area contributed by atoms with Crippen molar-refractivity contribution in [3.63, 3.8) is 0 Å². The lowest BCUT2D eigenvalue weighted by Crippen LogP contribution is -2.16. The Morgan fingerprint density at radius 2 is 0.430 bits per heavy atom. The summed E-state index contributed by atoms with van der Waals surface area (Å²) in [5.41, 5.74) is 21.9. The number of rotatable bonds is 10. The Balaban J connectivity index is 0.638. The molecule has 0 saturated heterocycles. The maximum Gasteiger partial charge on any atom is 0.0468 e. The van der Waals surface area contributed by atoms with Crippen LogP contribution in [-0.4, -0.2) is 0 Å². The highest BCUT2D eigenvalue weighted by molar-refractivity contribution is 5.97. The summed E-state index contributed by atoms with van der Waals surface area (Å²) in [7, 11) is 0. The standard InChI is InChI=1S/C84H62N2/c1-83(2)79-47-57(27-41-75(79)77-43-39-73(53-81(77)83)85(69-35-31-59-13-5-9-17-63(59)49-69)70-36-32-60-14-6-10-18-64(60)50-70)23-21-55-25-29-68-46-56(26-30-67(68)45-55)22-24-58-28-42-76-78-44-40-74(54-82(78)84(3,4)80(76)48-58)86(71-37-33-61-15-7-11-19-65(61)51-71)72-38-34-62-16-8-12-20-66(62)52-72/h5-54H,1-4H3/b23-21+,24-22+. The van der Waals surface area contributed by atoms with Crippen LogP contribution in [0.3, 0.4) is 0 Å². The first kappa shape index (κ1) is 51.1. The van der Waals surface area contributed by atoms with E-state index in [1.54, 1.807) is 0 Å². The van der Waals surface area contributed by atoms with Crippen LogP contribution < -0.4 is 9.80 Å². The van der Waals surface area contributed by atoms with Gasteiger partial charge in [-0.15, -0.1) is 0 Å². The third kappa shape index (κ3) is 8.79. The van der Waals surface area contributed by atoms with Gasteiger partial charge < -0.3 is 9.80 Å². The molecule has 14 aromatic rings. The van der Waals surface area contributed by atoms with Crippen LogP contribution in [0.25, 0.3) is 100 Å². The molecular formula is C84H62N2. The molecule has 0 saturated carbocycles. The average Bonchev–Trinajstić information content (AvgIpc) is 1.88. The molecule has 2 nitrogen and oxygen atoms in total. The van der Waals surface area contributed by atoms with Gasteiger partial charge in [0.1, 0.15) is 0 Å². The Bertz CT molecular complexity index is 4670. The van der Waals surface area contributed by atoms with E-state index in [-0.39, 0.29) is 10.8 Å². The Kier molecular flexibility index (Phi) is 11.9. The van der Waals surface area contributed by atoms with Crippen LogP contribution in [0.2, 0.25) is 0 Å². The van der Waals surface area contributed by atoms with Crippen molar-refractivity contribution in [2.24, 2.45) is 0 Å². The molecule has 0 aliphatic heterocycles. The fourth-order valence-corrected chi connectivity index (χ4v) is 14.0. The van der Waals surface area contributed by atoms with Crippen molar-refractivity contribution in [2.45, 2.75) is 38.5 Å². The molecule has 86 heavy (non-hydrogen) atoms. The van der Waals surface area contributed by atoms with Gasteiger partial charge in [0, 0.05) is 45.0 Å². The molecule has 0 amide bonds. The van der Waals surface area contributed by atoms with E-state index in [1.807, 2.05) is 0 Å². The van der Waals surface area contributed by atoms with E-state index in [2.05, 4.69) is 341 Å². The minimum Gasteiger partial charge on any atom is -0.310 e. The number of nitrogens with zero attached hydrogens (tertiary/aromatic N) is 2. The molecule has 0 radical (unpaired) electrons. The Hall–Kier alpha value is -10.5. The first-order chi connectivity index (χ1) is 42.1. The third-order valence-electron chi connectivity index (χ3n) is 18.7. The van der Waals surface area contributed by atoms with Gasteiger partial charge in [0.15, 0.2) is 0 Å². The molecule has 0 spiro atoms. The summed E-state index contributed by atoms with van der Waals surface area (Å²) in [5, 5.41) is 12.3. The Morgan fingerprint density at radius 3 is 0.756 bits per heavy atom. The van der Waals surface area contributed by atoms with Gasteiger partial charge in [0.05, 0.1) is 0 Å². The molecule has 0 N–H and O–H groups in total. The molecule has 2 heteroatoms. The maximum absolute atomic E-state index is 2.43. The zero-order chi connectivity index (χ0) is 57.7. The van der Waals surface area contributed by atoms with Gasteiger partial charge >= 0.3 is 0 Å². The predicted octanol–water partition coefficient (Wildman–Crippen LogP) is 23.3. The molecular weight excluding hydrogens is 1040 g/mol. The zero-order valence-electron chi connectivity index (χ0n) is 48.8. The quantitative estimate of drug-likeness (QED) is 0.126. The van der Waals surface area contributed by atoms with Crippen molar-refractivity contribution >= 4 is 112 Å². The van der Waals surface area contributed by atoms with Gasteiger partial charge in [-0.2, -0.15) is 0 Å². The first-order valence-electron chi connectivity index (χ1n) is 30.1. The van der Waals surface area contributed by atoms with E-state index in [4.69, 9.17) is 0 Å². The van der Waals surface area contributed by atoms with Crippen molar-refractivity contribution in [3.8, 4) is 22.3 Å². The van der Waals surface area contributed by atoms with Crippen molar-refractivity contribution in [1.82, 2.24) is 0 Å². The van der Waals surface area contributed by atoms with Gasteiger partial charge in [-0.1, -0.05) is 246 Å². The second kappa shape index (κ2) is 20.1. The molecule has 0 bridgehead atoms. The first-order valence-corrected chi connectivity index (χ1v) is 30.1. The molecule has 0 heterocycles. The smallest absolute Gasteiger partial charge is 0.0468 e. The third-order valence-corrected chi connectivity index (χ3v) is 18.7. The van der Waals surface area contributed by atoms with Crippen LogP contribution in [0.5, 0.6) is 0 Å². The molecule has 16 rings (SSSR count). The van der Waals surface area contributed by atoms with Crippen molar-refractivity contribution in [1.29, 1.82) is 0 Å². The van der Waals surface area contributed by atoms with Crippen LogP contribution >= 0.6 is 0 Å². The monoisotopic (exact) mass is 1100 g/mol. The molecule has 0 atom stereocenters. The molecule has 0 unspecified atom stereocenters. The van der Waals surface area contributed by atoms with E-state index in [0.29, 0.717) is 0 Å². The van der Waals surface area contributed by atoms with E-state index in [9.17, 15) is 0 Å². The SMILES string of the molecule is CC1(C)c2cc(/C=C/c3ccc4cc(/C=C/c5ccc6c(c5)C(C)(C)c5cc(N(c7ccc8ccccc8c7)c7ccc8ccccc8c7)ccc5-6)ccc4c3)ccc2-c2ccc(N(c3ccc4ccccc4c3)c3ccc4ccccc4c3)cc21. The lowest BCUT2D eigenvalue weighted by atomic mass is 9.81. The summed E-state index contributed by atoms with van der Waals surface area (Å²) < 4.78 is 0. The number of hydrogen-bond donors (Lipinski definition) is 0. The second-order valence-corrected chi connectivity index (χ2v) is 24.6. The fourth-order valence-electron chi connectivity index (χ4n) is 14.0.